The van der Waals surface area contributed by atoms with Crippen molar-refractivity contribution in [3.63, 3.8) is 0 Å². The van der Waals surface area contributed by atoms with E-state index in [1.165, 1.54) is 0 Å². The zero-order valence-electron chi connectivity index (χ0n) is 14.8. The third-order valence-corrected chi connectivity index (χ3v) is 5.49. The Morgan fingerprint density at radius 1 is 1.17 bits per heavy atom. The van der Waals surface area contributed by atoms with Gasteiger partial charge in [-0.15, -0.1) is 0 Å². The summed E-state index contributed by atoms with van der Waals surface area (Å²) in [5, 5.41) is 10.5. The van der Waals surface area contributed by atoms with Crippen LogP contribution in [0.15, 0.2) is 30.3 Å². The molecule has 0 unspecified atom stereocenters. The fourth-order valence-corrected chi connectivity index (χ4v) is 4.07. The smallest absolute Gasteiger partial charge is 0.219 e. The fourth-order valence-electron chi connectivity index (χ4n) is 4.07. The molecule has 5 heteroatoms. The minimum Gasteiger partial charge on any atom is -0.387 e. The third-order valence-electron chi connectivity index (χ3n) is 5.49. The molecule has 1 aromatic rings. The lowest BCUT2D eigenvalue weighted by molar-refractivity contribution is -0.130. The van der Waals surface area contributed by atoms with E-state index in [-0.39, 0.29) is 5.91 Å². The summed E-state index contributed by atoms with van der Waals surface area (Å²) >= 11 is 0. The van der Waals surface area contributed by atoms with E-state index in [0.29, 0.717) is 18.5 Å². The summed E-state index contributed by atoms with van der Waals surface area (Å²) in [5.74, 6) is 0.776. The van der Waals surface area contributed by atoms with E-state index in [9.17, 15) is 9.90 Å². The SMILES string of the molecule is CC(=O)N1CCN([C@@H]2CN(C[C@@H](O)c3ccccc3)C[C@@H]2C)CC1. The van der Waals surface area contributed by atoms with Crippen molar-refractivity contribution in [1.29, 1.82) is 0 Å². The number of benzene rings is 1. The number of carbonyl (C=O) groups excluding carboxylic acids is 1. The molecule has 0 spiro atoms. The highest BCUT2D eigenvalue weighted by molar-refractivity contribution is 5.73. The molecule has 132 valence electrons. The van der Waals surface area contributed by atoms with E-state index in [1.807, 2.05) is 35.2 Å². The van der Waals surface area contributed by atoms with Crippen LogP contribution in [0.5, 0.6) is 0 Å². The molecule has 0 radical (unpaired) electrons. The van der Waals surface area contributed by atoms with Gasteiger partial charge >= 0.3 is 0 Å². The molecule has 2 heterocycles. The Balaban J connectivity index is 1.52. The molecule has 2 saturated heterocycles. The molecule has 5 nitrogen and oxygen atoms in total. The van der Waals surface area contributed by atoms with Gasteiger partial charge < -0.3 is 10.0 Å². The molecule has 0 saturated carbocycles. The number of rotatable bonds is 4. The van der Waals surface area contributed by atoms with Gasteiger partial charge in [0.05, 0.1) is 6.10 Å². The zero-order chi connectivity index (χ0) is 17.1. The lowest BCUT2D eigenvalue weighted by Gasteiger charge is -2.39. The maximum atomic E-state index is 11.5. The maximum absolute atomic E-state index is 11.5. The van der Waals surface area contributed by atoms with Gasteiger partial charge in [0.2, 0.25) is 5.91 Å². The van der Waals surface area contributed by atoms with Crippen LogP contribution in [-0.4, -0.2) is 77.6 Å². The van der Waals surface area contributed by atoms with Crippen LogP contribution in [-0.2, 0) is 4.79 Å². The molecule has 0 aliphatic carbocycles. The molecule has 1 N–H and O–H groups in total. The van der Waals surface area contributed by atoms with E-state index >= 15 is 0 Å². The summed E-state index contributed by atoms with van der Waals surface area (Å²) in [7, 11) is 0. The highest BCUT2D eigenvalue weighted by atomic mass is 16.3. The van der Waals surface area contributed by atoms with Crippen LogP contribution >= 0.6 is 0 Å². The number of carbonyl (C=O) groups is 1. The second-order valence-corrected chi connectivity index (χ2v) is 7.23. The van der Waals surface area contributed by atoms with Crippen LogP contribution in [0.4, 0.5) is 0 Å². The van der Waals surface area contributed by atoms with Gasteiger partial charge in [-0.3, -0.25) is 14.6 Å². The maximum Gasteiger partial charge on any atom is 0.219 e. The van der Waals surface area contributed by atoms with Crippen molar-refractivity contribution >= 4 is 5.91 Å². The van der Waals surface area contributed by atoms with Crippen molar-refractivity contribution in [2.24, 2.45) is 5.92 Å². The first kappa shape index (κ1) is 17.4. The molecule has 2 aliphatic rings. The number of aliphatic hydroxyl groups is 1. The Morgan fingerprint density at radius 2 is 1.83 bits per heavy atom. The van der Waals surface area contributed by atoms with Crippen molar-refractivity contribution in [1.82, 2.24) is 14.7 Å². The molecule has 3 rings (SSSR count). The number of hydrogen-bond donors (Lipinski definition) is 1. The van der Waals surface area contributed by atoms with Crippen molar-refractivity contribution < 1.29 is 9.90 Å². The van der Waals surface area contributed by atoms with Crippen molar-refractivity contribution in [3.05, 3.63) is 35.9 Å². The Morgan fingerprint density at radius 3 is 2.46 bits per heavy atom. The highest BCUT2D eigenvalue weighted by Gasteiger charge is 2.36. The van der Waals surface area contributed by atoms with Crippen LogP contribution in [0.3, 0.4) is 0 Å². The van der Waals surface area contributed by atoms with Gasteiger partial charge in [-0.1, -0.05) is 37.3 Å². The summed E-state index contributed by atoms with van der Waals surface area (Å²) in [6.07, 6.45) is -0.424. The van der Waals surface area contributed by atoms with Crippen LogP contribution in [0, 0.1) is 5.92 Å². The monoisotopic (exact) mass is 331 g/mol. The van der Waals surface area contributed by atoms with E-state index in [1.54, 1.807) is 6.92 Å². The normalized spacial score (nSPS) is 27.4. The van der Waals surface area contributed by atoms with Gasteiger partial charge in [0.1, 0.15) is 0 Å². The van der Waals surface area contributed by atoms with Gasteiger partial charge in [0, 0.05) is 58.8 Å². The first-order chi connectivity index (χ1) is 11.5. The standard InChI is InChI=1S/C19H29N3O2/c1-15-12-20(14-19(24)17-6-4-3-5-7-17)13-18(15)22-10-8-21(9-11-22)16(2)23/h3-7,15,18-19,24H,8-14H2,1-2H3/t15-,18+,19+/m0/s1. The largest absolute Gasteiger partial charge is 0.387 e. The topological polar surface area (TPSA) is 47.0 Å². The second-order valence-electron chi connectivity index (χ2n) is 7.23. The molecule has 3 atom stereocenters. The minimum absolute atomic E-state index is 0.182. The van der Waals surface area contributed by atoms with Crippen molar-refractivity contribution in [2.45, 2.75) is 26.0 Å². The molecule has 1 aromatic carbocycles. The van der Waals surface area contributed by atoms with Gasteiger partial charge in [-0.25, -0.2) is 0 Å². The molecular formula is C19H29N3O2. The molecule has 2 aliphatic heterocycles. The van der Waals surface area contributed by atoms with Gasteiger partial charge in [0.25, 0.3) is 0 Å². The van der Waals surface area contributed by atoms with Gasteiger partial charge in [-0.05, 0) is 11.5 Å². The number of hydrogen-bond acceptors (Lipinski definition) is 4. The highest BCUT2D eigenvalue weighted by Crippen LogP contribution is 2.25. The molecule has 0 aromatic heterocycles. The molecular weight excluding hydrogens is 302 g/mol. The predicted molar refractivity (Wildman–Crippen MR) is 94.6 cm³/mol. The number of β-amino-alcohol motifs (C(OH)–C–C–N with tert-alkyl or cyclic N) is 1. The summed E-state index contributed by atoms with van der Waals surface area (Å²) in [6.45, 7) is 10.3. The summed E-state index contributed by atoms with van der Waals surface area (Å²) < 4.78 is 0. The number of aliphatic hydroxyl groups excluding tert-OH is 1. The fraction of sp³-hybridized carbons (Fsp3) is 0.632. The molecule has 2 fully saturated rings. The lowest BCUT2D eigenvalue weighted by atomic mass is 10.0. The summed E-state index contributed by atoms with van der Waals surface area (Å²) in [4.78, 5) is 18.3. The quantitative estimate of drug-likeness (QED) is 0.901. The first-order valence-electron chi connectivity index (χ1n) is 8.99. The van der Waals surface area contributed by atoms with E-state index in [2.05, 4.69) is 16.7 Å². The van der Waals surface area contributed by atoms with Crippen molar-refractivity contribution in [3.8, 4) is 0 Å². The van der Waals surface area contributed by atoms with Gasteiger partial charge in [-0.2, -0.15) is 0 Å². The number of likely N-dealkylation sites (tertiary alicyclic amines) is 1. The molecule has 1 amide bonds. The van der Waals surface area contributed by atoms with Crippen LogP contribution in [0.2, 0.25) is 0 Å². The minimum atomic E-state index is -0.424. The Bertz CT molecular complexity index is 543. The molecule has 24 heavy (non-hydrogen) atoms. The second kappa shape index (κ2) is 7.64. The number of piperazine rings is 1. The molecule has 0 bridgehead atoms. The van der Waals surface area contributed by atoms with Gasteiger partial charge in [0.15, 0.2) is 0 Å². The first-order valence-corrected chi connectivity index (χ1v) is 8.99. The van der Waals surface area contributed by atoms with Crippen LogP contribution < -0.4 is 0 Å². The average molecular weight is 331 g/mol. The number of nitrogens with zero attached hydrogens (tertiary/aromatic N) is 3. The zero-order valence-corrected chi connectivity index (χ0v) is 14.8. The Hall–Kier alpha value is -1.43. The van der Waals surface area contributed by atoms with E-state index in [0.717, 1.165) is 44.8 Å². The van der Waals surface area contributed by atoms with Crippen LogP contribution in [0.25, 0.3) is 0 Å². The van der Waals surface area contributed by atoms with Crippen LogP contribution in [0.1, 0.15) is 25.5 Å². The van der Waals surface area contributed by atoms with E-state index in [4.69, 9.17) is 0 Å². The lowest BCUT2D eigenvalue weighted by Crippen LogP contribution is -2.53. The third kappa shape index (κ3) is 3.97. The Kier molecular flexibility index (Phi) is 5.54. The van der Waals surface area contributed by atoms with Crippen molar-refractivity contribution in [2.75, 3.05) is 45.8 Å². The predicted octanol–water partition coefficient (Wildman–Crippen LogP) is 1.20. The number of amides is 1. The average Bonchev–Trinajstić information content (AvgIpc) is 2.96. The summed E-state index contributed by atoms with van der Waals surface area (Å²) in [5.41, 5.74) is 0.990. The van der Waals surface area contributed by atoms with E-state index < -0.39 is 6.10 Å². The summed E-state index contributed by atoms with van der Waals surface area (Å²) in [6, 6.07) is 10.4. The Labute approximate surface area is 144 Å².